The van der Waals surface area contributed by atoms with Crippen LogP contribution in [0.3, 0.4) is 0 Å². The summed E-state index contributed by atoms with van der Waals surface area (Å²) in [4.78, 5) is 15.4. The molecule has 0 aliphatic carbocycles. The van der Waals surface area contributed by atoms with Crippen molar-refractivity contribution in [3.05, 3.63) is 24.3 Å². The van der Waals surface area contributed by atoms with Crippen LogP contribution in [0.2, 0.25) is 0 Å². The molecule has 1 amide bonds. The SMILES string of the molecule is CSc1ccc(NC(=O)C2CN(C)CCN2)cc1. The molecule has 1 aliphatic rings. The zero-order valence-corrected chi connectivity index (χ0v) is 11.6. The van der Waals surface area contributed by atoms with Crippen LogP contribution in [0.15, 0.2) is 29.2 Å². The molecule has 1 heterocycles. The number of carbonyl (C=O) groups excluding carboxylic acids is 1. The van der Waals surface area contributed by atoms with Crippen molar-refractivity contribution in [2.45, 2.75) is 10.9 Å². The molecule has 2 N–H and O–H groups in total. The van der Waals surface area contributed by atoms with E-state index in [-0.39, 0.29) is 11.9 Å². The Kier molecular flexibility index (Phi) is 4.63. The maximum Gasteiger partial charge on any atom is 0.242 e. The molecule has 1 aliphatic heterocycles. The minimum atomic E-state index is -0.121. The third-order valence-electron chi connectivity index (χ3n) is 3.05. The van der Waals surface area contributed by atoms with E-state index in [2.05, 4.69) is 15.5 Å². The number of hydrogen-bond acceptors (Lipinski definition) is 4. The summed E-state index contributed by atoms with van der Waals surface area (Å²) in [6.07, 6.45) is 2.04. The van der Waals surface area contributed by atoms with E-state index < -0.39 is 0 Å². The molecule has 2 rings (SSSR count). The van der Waals surface area contributed by atoms with Gasteiger partial charge in [0.05, 0.1) is 6.04 Å². The highest BCUT2D eigenvalue weighted by Crippen LogP contribution is 2.17. The molecule has 1 unspecified atom stereocenters. The number of nitrogens with zero attached hydrogens (tertiary/aromatic N) is 1. The van der Waals surface area contributed by atoms with E-state index in [1.807, 2.05) is 37.6 Å². The lowest BCUT2D eigenvalue weighted by Crippen LogP contribution is -2.54. The lowest BCUT2D eigenvalue weighted by atomic mass is 10.2. The van der Waals surface area contributed by atoms with Crippen molar-refractivity contribution >= 4 is 23.4 Å². The van der Waals surface area contributed by atoms with Gasteiger partial charge in [0.15, 0.2) is 0 Å². The first-order chi connectivity index (χ1) is 8.69. The molecule has 1 atom stereocenters. The highest BCUT2D eigenvalue weighted by molar-refractivity contribution is 7.98. The maximum atomic E-state index is 12.1. The van der Waals surface area contributed by atoms with Gasteiger partial charge in [0, 0.05) is 30.2 Å². The zero-order valence-electron chi connectivity index (χ0n) is 10.8. The van der Waals surface area contributed by atoms with Gasteiger partial charge in [-0.2, -0.15) is 0 Å². The highest BCUT2D eigenvalue weighted by atomic mass is 32.2. The van der Waals surface area contributed by atoms with Gasteiger partial charge in [-0.3, -0.25) is 4.79 Å². The summed E-state index contributed by atoms with van der Waals surface area (Å²) in [5, 5.41) is 6.18. The molecule has 0 bridgehead atoms. The average molecular weight is 265 g/mol. The van der Waals surface area contributed by atoms with Crippen molar-refractivity contribution in [3.63, 3.8) is 0 Å². The van der Waals surface area contributed by atoms with Crippen molar-refractivity contribution in [1.82, 2.24) is 10.2 Å². The summed E-state index contributed by atoms with van der Waals surface area (Å²) < 4.78 is 0. The first kappa shape index (κ1) is 13.4. The summed E-state index contributed by atoms with van der Waals surface area (Å²) in [5.74, 6) is 0.0402. The average Bonchev–Trinajstić information content (AvgIpc) is 2.39. The molecule has 5 heteroatoms. The predicted octanol–water partition coefficient (Wildman–Crippen LogP) is 1.25. The van der Waals surface area contributed by atoms with Gasteiger partial charge in [0.25, 0.3) is 0 Å². The number of amides is 1. The largest absolute Gasteiger partial charge is 0.325 e. The van der Waals surface area contributed by atoms with Gasteiger partial charge in [-0.05, 0) is 37.6 Å². The van der Waals surface area contributed by atoms with Crippen LogP contribution in [0.5, 0.6) is 0 Å². The van der Waals surface area contributed by atoms with Crippen LogP contribution in [0.4, 0.5) is 5.69 Å². The van der Waals surface area contributed by atoms with Gasteiger partial charge in [0.1, 0.15) is 0 Å². The van der Waals surface area contributed by atoms with E-state index in [9.17, 15) is 4.79 Å². The summed E-state index contributed by atoms with van der Waals surface area (Å²) in [6, 6.07) is 7.79. The zero-order chi connectivity index (χ0) is 13.0. The normalized spacial score (nSPS) is 20.7. The van der Waals surface area contributed by atoms with E-state index in [4.69, 9.17) is 0 Å². The molecule has 4 nitrogen and oxygen atoms in total. The molecule has 0 radical (unpaired) electrons. The third kappa shape index (κ3) is 3.48. The van der Waals surface area contributed by atoms with E-state index in [0.717, 1.165) is 25.3 Å². The lowest BCUT2D eigenvalue weighted by Gasteiger charge is -2.29. The van der Waals surface area contributed by atoms with Gasteiger partial charge in [-0.15, -0.1) is 11.8 Å². The Labute approximate surface area is 112 Å². The molecule has 0 spiro atoms. The third-order valence-corrected chi connectivity index (χ3v) is 3.80. The van der Waals surface area contributed by atoms with Gasteiger partial charge >= 0.3 is 0 Å². The first-order valence-electron chi connectivity index (χ1n) is 6.06. The number of likely N-dealkylation sites (N-methyl/N-ethyl adjacent to an activating group) is 1. The van der Waals surface area contributed by atoms with Crippen LogP contribution in [0.1, 0.15) is 0 Å². The Balaban J connectivity index is 1.93. The number of hydrogen-bond donors (Lipinski definition) is 2. The summed E-state index contributed by atoms with van der Waals surface area (Å²) >= 11 is 1.69. The molecular formula is C13H19N3OS. The van der Waals surface area contributed by atoms with Crippen LogP contribution >= 0.6 is 11.8 Å². The second-order valence-electron chi connectivity index (χ2n) is 4.49. The number of rotatable bonds is 3. The number of anilines is 1. The van der Waals surface area contributed by atoms with E-state index in [1.165, 1.54) is 4.90 Å². The molecular weight excluding hydrogens is 246 g/mol. The number of thioether (sulfide) groups is 1. The van der Waals surface area contributed by atoms with Gasteiger partial charge < -0.3 is 15.5 Å². The van der Waals surface area contributed by atoms with Crippen molar-refractivity contribution < 1.29 is 4.79 Å². The fourth-order valence-electron chi connectivity index (χ4n) is 1.98. The molecule has 1 fully saturated rings. The van der Waals surface area contributed by atoms with Crippen LogP contribution < -0.4 is 10.6 Å². The van der Waals surface area contributed by atoms with E-state index in [1.54, 1.807) is 11.8 Å². The predicted molar refractivity (Wildman–Crippen MR) is 76.1 cm³/mol. The Morgan fingerprint density at radius 3 is 2.78 bits per heavy atom. The van der Waals surface area contributed by atoms with Crippen LogP contribution in [0.25, 0.3) is 0 Å². The molecule has 1 saturated heterocycles. The first-order valence-corrected chi connectivity index (χ1v) is 7.28. The molecule has 1 aromatic carbocycles. The van der Waals surface area contributed by atoms with Crippen LogP contribution in [0, 0.1) is 0 Å². The lowest BCUT2D eigenvalue weighted by molar-refractivity contribution is -0.119. The van der Waals surface area contributed by atoms with Crippen molar-refractivity contribution in [2.24, 2.45) is 0 Å². The highest BCUT2D eigenvalue weighted by Gasteiger charge is 2.23. The maximum absolute atomic E-state index is 12.1. The summed E-state index contributed by atoms with van der Waals surface area (Å²) in [7, 11) is 2.04. The van der Waals surface area contributed by atoms with E-state index >= 15 is 0 Å². The van der Waals surface area contributed by atoms with Gasteiger partial charge in [0.2, 0.25) is 5.91 Å². The van der Waals surface area contributed by atoms with E-state index in [0.29, 0.717) is 0 Å². The Morgan fingerprint density at radius 2 is 2.17 bits per heavy atom. The number of piperazine rings is 1. The Morgan fingerprint density at radius 1 is 1.44 bits per heavy atom. The van der Waals surface area contributed by atoms with Crippen LogP contribution in [-0.2, 0) is 4.79 Å². The number of benzene rings is 1. The monoisotopic (exact) mass is 265 g/mol. The number of nitrogens with one attached hydrogen (secondary N) is 2. The second kappa shape index (κ2) is 6.22. The summed E-state index contributed by atoms with van der Waals surface area (Å²) in [6.45, 7) is 2.61. The number of carbonyl (C=O) groups is 1. The quantitative estimate of drug-likeness (QED) is 0.807. The van der Waals surface area contributed by atoms with Crippen LogP contribution in [-0.4, -0.2) is 49.8 Å². The molecule has 0 aromatic heterocycles. The Bertz CT molecular complexity index is 407. The smallest absolute Gasteiger partial charge is 0.242 e. The molecule has 98 valence electrons. The summed E-state index contributed by atoms with van der Waals surface area (Å²) in [5.41, 5.74) is 0.854. The van der Waals surface area contributed by atoms with Gasteiger partial charge in [-0.25, -0.2) is 0 Å². The molecule has 0 saturated carbocycles. The molecule has 18 heavy (non-hydrogen) atoms. The standard InChI is InChI=1S/C13H19N3OS/c1-16-8-7-14-12(9-16)13(17)15-10-3-5-11(18-2)6-4-10/h3-6,12,14H,7-9H2,1-2H3,(H,15,17). The fraction of sp³-hybridized carbons (Fsp3) is 0.462. The van der Waals surface area contributed by atoms with Gasteiger partial charge in [-0.1, -0.05) is 0 Å². The van der Waals surface area contributed by atoms with Crippen molar-refractivity contribution in [3.8, 4) is 0 Å². The second-order valence-corrected chi connectivity index (χ2v) is 5.37. The fourth-order valence-corrected chi connectivity index (χ4v) is 2.38. The van der Waals surface area contributed by atoms with Crippen molar-refractivity contribution in [2.75, 3.05) is 38.3 Å². The minimum Gasteiger partial charge on any atom is -0.325 e. The Hall–Kier alpha value is -1.04. The minimum absolute atomic E-state index is 0.0402. The van der Waals surface area contributed by atoms with Crippen molar-refractivity contribution in [1.29, 1.82) is 0 Å². The molecule has 1 aromatic rings. The topological polar surface area (TPSA) is 44.4 Å².